The first-order chi connectivity index (χ1) is 11.4. The molecular formula is C17H20ClN2O4+. The van der Waals surface area contributed by atoms with Gasteiger partial charge in [-0.05, 0) is 12.1 Å². The summed E-state index contributed by atoms with van der Waals surface area (Å²) in [5, 5.41) is 2.43. The van der Waals surface area contributed by atoms with Gasteiger partial charge in [-0.15, -0.1) is 0 Å². The summed E-state index contributed by atoms with van der Waals surface area (Å²) in [6.07, 6.45) is 0.401. The fourth-order valence-electron chi connectivity index (χ4n) is 4.12. The second-order valence-corrected chi connectivity index (χ2v) is 6.80. The standard InChI is InChI=1S/C17H19ClN2O4/c1-4-17(16(23)24-3)12-11(14(21)20(2)15(12)22)13(19-17)9-5-7-10(18)8-6-9/h5-8,11-13,19H,4H2,1-3H3/p+1/t11-,12-,13-,17+/m0/s1. The molecule has 2 fully saturated rings. The molecule has 1 aromatic rings. The van der Waals surface area contributed by atoms with Crippen LogP contribution in [-0.4, -0.2) is 42.4 Å². The second kappa shape index (κ2) is 5.86. The minimum Gasteiger partial charge on any atom is -0.464 e. The molecule has 2 aliphatic heterocycles. The van der Waals surface area contributed by atoms with Gasteiger partial charge in [-0.25, -0.2) is 4.79 Å². The summed E-state index contributed by atoms with van der Waals surface area (Å²) in [6.45, 7) is 1.84. The Labute approximate surface area is 145 Å². The Morgan fingerprint density at radius 2 is 1.92 bits per heavy atom. The highest BCUT2D eigenvalue weighted by Gasteiger charge is 2.71. The lowest BCUT2D eigenvalue weighted by Gasteiger charge is -2.27. The van der Waals surface area contributed by atoms with Crippen LogP contribution in [-0.2, 0) is 19.1 Å². The largest absolute Gasteiger partial charge is 0.464 e. The van der Waals surface area contributed by atoms with Gasteiger partial charge in [0.2, 0.25) is 17.4 Å². The van der Waals surface area contributed by atoms with E-state index >= 15 is 0 Å². The molecule has 6 nitrogen and oxygen atoms in total. The smallest absolute Gasteiger partial charge is 0.368 e. The first-order valence-corrected chi connectivity index (χ1v) is 8.26. The van der Waals surface area contributed by atoms with Crippen LogP contribution in [0, 0.1) is 11.8 Å². The summed E-state index contributed by atoms with van der Waals surface area (Å²) >= 11 is 5.95. The third-order valence-electron chi connectivity index (χ3n) is 5.40. The van der Waals surface area contributed by atoms with Crippen molar-refractivity contribution in [2.24, 2.45) is 11.8 Å². The minimum absolute atomic E-state index is 0.250. The van der Waals surface area contributed by atoms with Crippen LogP contribution in [0.1, 0.15) is 24.9 Å². The Hall–Kier alpha value is -1.92. The van der Waals surface area contributed by atoms with E-state index in [1.165, 1.54) is 14.2 Å². The number of likely N-dealkylation sites (tertiary alicyclic amines) is 1. The maximum absolute atomic E-state index is 12.7. The quantitative estimate of drug-likeness (QED) is 0.635. The van der Waals surface area contributed by atoms with Crippen LogP contribution in [0.25, 0.3) is 0 Å². The van der Waals surface area contributed by atoms with Crippen LogP contribution in [0.4, 0.5) is 0 Å². The number of amides is 2. The number of ether oxygens (including phenoxy) is 1. The van der Waals surface area contributed by atoms with Crippen LogP contribution < -0.4 is 5.32 Å². The lowest BCUT2D eigenvalue weighted by Crippen LogP contribution is -2.98. The van der Waals surface area contributed by atoms with Crippen molar-refractivity contribution in [2.45, 2.75) is 24.9 Å². The fraction of sp³-hybridized carbons (Fsp3) is 0.471. The van der Waals surface area contributed by atoms with E-state index in [0.717, 1.165) is 10.5 Å². The summed E-state index contributed by atoms with van der Waals surface area (Å²) < 4.78 is 4.99. The Bertz CT molecular complexity index is 705. The minimum atomic E-state index is -1.08. The maximum Gasteiger partial charge on any atom is 0.368 e. The number of fused-ring (bicyclic) bond motifs is 1. The molecule has 2 aliphatic rings. The van der Waals surface area contributed by atoms with E-state index in [1.807, 2.05) is 24.4 Å². The summed E-state index contributed by atoms with van der Waals surface area (Å²) in [4.78, 5) is 39.0. The molecule has 24 heavy (non-hydrogen) atoms. The second-order valence-electron chi connectivity index (χ2n) is 6.37. The van der Waals surface area contributed by atoms with Crippen molar-refractivity contribution in [1.29, 1.82) is 0 Å². The highest BCUT2D eigenvalue weighted by atomic mass is 35.5. The molecule has 0 saturated carbocycles. The van der Waals surface area contributed by atoms with Gasteiger partial charge in [0, 0.05) is 24.1 Å². The monoisotopic (exact) mass is 351 g/mol. The SMILES string of the molecule is CC[C@@]1(C(=O)OC)[NH2+][C@@H](c2ccc(Cl)cc2)[C@H]2C(=O)N(C)C(=O)[C@H]21. The number of nitrogens with two attached hydrogens (primary N) is 1. The van der Waals surface area contributed by atoms with Crippen molar-refractivity contribution < 1.29 is 24.4 Å². The number of rotatable bonds is 3. The van der Waals surface area contributed by atoms with Gasteiger partial charge in [0.1, 0.15) is 17.9 Å². The number of carbonyl (C=O) groups is 3. The highest BCUT2D eigenvalue weighted by molar-refractivity contribution is 6.30. The molecule has 0 bridgehead atoms. The van der Waals surface area contributed by atoms with Gasteiger partial charge in [0.15, 0.2) is 0 Å². The van der Waals surface area contributed by atoms with Gasteiger partial charge in [-0.3, -0.25) is 14.5 Å². The zero-order chi connectivity index (χ0) is 17.6. The molecule has 0 radical (unpaired) electrons. The molecule has 1 aromatic carbocycles. The molecular weight excluding hydrogens is 332 g/mol. The van der Waals surface area contributed by atoms with Crippen LogP contribution in [0.15, 0.2) is 24.3 Å². The van der Waals surface area contributed by atoms with E-state index in [1.54, 1.807) is 12.1 Å². The number of carbonyl (C=O) groups excluding carboxylic acids is 3. The fourth-order valence-corrected chi connectivity index (χ4v) is 4.25. The molecule has 2 N–H and O–H groups in total. The third kappa shape index (κ3) is 2.17. The number of hydrogen-bond acceptors (Lipinski definition) is 4. The molecule has 4 atom stereocenters. The van der Waals surface area contributed by atoms with Crippen molar-refractivity contribution in [2.75, 3.05) is 14.2 Å². The highest BCUT2D eigenvalue weighted by Crippen LogP contribution is 2.45. The molecule has 0 spiro atoms. The molecule has 0 unspecified atom stereocenters. The summed E-state index contributed by atoms with van der Waals surface area (Å²) in [5.74, 6) is -2.32. The number of methoxy groups -OCH3 is 1. The van der Waals surface area contributed by atoms with E-state index in [-0.39, 0.29) is 17.9 Å². The molecule has 2 saturated heterocycles. The van der Waals surface area contributed by atoms with E-state index in [9.17, 15) is 14.4 Å². The molecule has 3 rings (SSSR count). The molecule has 0 aliphatic carbocycles. The van der Waals surface area contributed by atoms with Gasteiger partial charge in [0.25, 0.3) is 0 Å². The van der Waals surface area contributed by atoms with Crippen molar-refractivity contribution in [1.82, 2.24) is 4.90 Å². The Kier molecular flexibility index (Phi) is 4.13. The zero-order valence-electron chi connectivity index (χ0n) is 13.8. The van der Waals surface area contributed by atoms with Crippen LogP contribution in [0.5, 0.6) is 0 Å². The van der Waals surface area contributed by atoms with Crippen LogP contribution in [0.3, 0.4) is 0 Å². The van der Waals surface area contributed by atoms with Gasteiger partial charge in [-0.1, -0.05) is 30.7 Å². The number of quaternary nitrogens is 1. The van der Waals surface area contributed by atoms with Gasteiger partial charge in [0.05, 0.1) is 7.11 Å². The molecule has 128 valence electrons. The number of halogens is 1. The molecule has 7 heteroatoms. The molecule has 2 heterocycles. The van der Waals surface area contributed by atoms with E-state index in [4.69, 9.17) is 16.3 Å². The van der Waals surface area contributed by atoms with Gasteiger partial charge in [-0.2, -0.15) is 0 Å². The zero-order valence-corrected chi connectivity index (χ0v) is 14.5. The number of imide groups is 1. The summed E-state index contributed by atoms with van der Waals surface area (Å²) in [6, 6.07) is 6.83. The van der Waals surface area contributed by atoms with Crippen molar-refractivity contribution in [3.8, 4) is 0 Å². The third-order valence-corrected chi connectivity index (χ3v) is 5.65. The predicted octanol–water partition coefficient (Wildman–Crippen LogP) is 0.511. The lowest BCUT2D eigenvalue weighted by atomic mass is 9.78. The van der Waals surface area contributed by atoms with Gasteiger partial charge >= 0.3 is 5.97 Å². The lowest BCUT2D eigenvalue weighted by molar-refractivity contribution is -0.734. The van der Waals surface area contributed by atoms with Crippen molar-refractivity contribution in [3.05, 3.63) is 34.9 Å². The first kappa shape index (κ1) is 16.9. The summed E-state index contributed by atoms with van der Waals surface area (Å²) in [5.41, 5.74) is -0.216. The number of benzene rings is 1. The maximum atomic E-state index is 12.7. The topological polar surface area (TPSA) is 80.3 Å². The Morgan fingerprint density at radius 3 is 2.46 bits per heavy atom. The van der Waals surface area contributed by atoms with E-state index < -0.39 is 23.3 Å². The van der Waals surface area contributed by atoms with Crippen LogP contribution >= 0.6 is 11.6 Å². The molecule has 2 amide bonds. The van der Waals surface area contributed by atoms with Crippen LogP contribution in [0.2, 0.25) is 5.02 Å². The van der Waals surface area contributed by atoms with E-state index in [2.05, 4.69) is 0 Å². The number of esters is 1. The van der Waals surface area contributed by atoms with Gasteiger partial charge < -0.3 is 10.1 Å². The first-order valence-electron chi connectivity index (χ1n) is 7.88. The Morgan fingerprint density at radius 1 is 1.29 bits per heavy atom. The normalized spacial score (nSPS) is 32.2. The predicted molar refractivity (Wildman–Crippen MR) is 85.9 cm³/mol. The van der Waals surface area contributed by atoms with E-state index in [0.29, 0.717) is 11.4 Å². The average Bonchev–Trinajstić information content (AvgIpc) is 3.05. The van der Waals surface area contributed by atoms with Crippen molar-refractivity contribution >= 4 is 29.4 Å². The average molecular weight is 352 g/mol. The number of hydrogen-bond donors (Lipinski definition) is 1. The van der Waals surface area contributed by atoms with Crippen molar-refractivity contribution in [3.63, 3.8) is 0 Å². The Balaban J connectivity index is 2.12. The number of nitrogens with zero attached hydrogens (tertiary/aromatic N) is 1. The molecule has 0 aromatic heterocycles. The summed E-state index contributed by atoms with van der Waals surface area (Å²) in [7, 11) is 2.78.